The van der Waals surface area contributed by atoms with Crippen LogP contribution in [0, 0.1) is 0 Å². The van der Waals surface area contributed by atoms with Crippen LogP contribution in [0.2, 0.25) is 0 Å². The fourth-order valence-corrected chi connectivity index (χ4v) is 2.36. The molecule has 0 bridgehead atoms. The van der Waals surface area contributed by atoms with E-state index >= 15 is 0 Å². The third kappa shape index (κ3) is 0.914. The van der Waals surface area contributed by atoms with Crippen molar-refractivity contribution < 1.29 is 0 Å². The van der Waals surface area contributed by atoms with Gasteiger partial charge in [-0.05, 0) is 12.1 Å². The van der Waals surface area contributed by atoms with Crippen molar-refractivity contribution in [3.8, 4) is 0 Å². The van der Waals surface area contributed by atoms with Crippen LogP contribution in [-0.2, 0) is 0 Å². The summed E-state index contributed by atoms with van der Waals surface area (Å²) in [6.45, 7) is 0. The molecule has 0 saturated heterocycles. The third-order valence-electron chi connectivity index (χ3n) is 2.17. The van der Waals surface area contributed by atoms with E-state index in [9.17, 15) is 4.79 Å². The molecule has 2 heterocycles. The van der Waals surface area contributed by atoms with Crippen molar-refractivity contribution in [2.24, 2.45) is 0 Å². The first kappa shape index (κ1) is 7.70. The molecule has 0 radical (unpaired) electrons. The Balaban J connectivity index is 2.74. The van der Waals surface area contributed by atoms with Crippen molar-refractivity contribution in [1.29, 1.82) is 0 Å². The maximum absolute atomic E-state index is 11.7. The molecule has 0 N–H and O–H groups in total. The highest BCUT2D eigenvalue weighted by atomic mass is 32.1. The zero-order valence-corrected chi connectivity index (χ0v) is 7.99. The van der Waals surface area contributed by atoms with Gasteiger partial charge in [-0.3, -0.25) is 9.20 Å². The zero-order valence-electron chi connectivity index (χ0n) is 7.18. The van der Waals surface area contributed by atoms with Gasteiger partial charge >= 0.3 is 0 Å². The molecule has 68 valence electrons. The molecule has 0 spiro atoms. The first-order valence-electron chi connectivity index (χ1n) is 4.21. The van der Waals surface area contributed by atoms with Crippen molar-refractivity contribution in [3.63, 3.8) is 0 Å². The fraction of sp³-hybridized carbons (Fsp3) is 0. The van der Waals surface area contributed by atoms with Crippen molar-refractivity contribution >= 4 is 27.2 Å². The minimum atomic E-state index is 0.0688. The van der Waals surface area contributed by atoms with Gasteiger partial charge in [-0.2, -0.15) is 0 Å². The van der Waals surface area contributed by atoms with Gasteiger partial charge in [0.05, 0.1) is 10.9 Å². The summed E-state index contributed by atoms with van der Waals surface area (Å²) in [4.78, 5) is 16.5. The van der Waals surface area contributed by atoms with E-state index in [2.05, 4.69) is 4.98 Å². The van der Waals surface area contributed by atoms with Crippen LogP contribution in [0.3, 0.4) is 0 Å². The molecule has 3 rings (SSSR count). The highest BCUT2D eigenvalue weighted by Gasteiger charge is 2.03. The second-order valence-electron chi connectivity index (χ2n) is 2.99. The SMILES string of the molecule is O=c1sc2nccn2c2ccccc12. The Morgan fingerprint density at radius 2 is 2.14 bits per heavy atom. The van der Waals surface area contributed by atoms with E-state index in [0.29, 0.717) is 0 Å². The second-order valence-corrected chi connectivity index (χ2v) is 3.93. The summed E-state index contributed by atoms with van der Waals surface area (Å²) in [5.74, 6) is 0. The summed E-state index contributed by atoms with van der Waals surface area (Å²) in [6, 6.07) is 7.57. The van der Waals surface area contributed by atoms with Gasteiger partial charge < -0.3 is 0 Å². The molecule has 0 amide bonds. The van der Waals surface area contributed by atoms with E-state index in [-0.39, 0.29) is 4.74 Å². The predicted molar refractivity (Wildman–Crippen MR) is 56.8 cm³/mol. The standard InChI is InChI=1S/C10H6N2OS/c13-9-7-3-1-2-4-8(7)12-6-5-11-10(12)14-9/h1-6H. The lowest BCUT2D eigenvalue weighted by Crippen LogP contribution is -1.98. The molecule has 2 aromatic heterocycles. The number of benzene rings is 1. The van der Waals surface area contributed by atoms with Gasteiger partial charge in [-0.15, -0.1) is 0 Å². The number of hydrogen-bond acceptors (Lipinski definition) is 3. The Labute approximate surface area is 83.3 Å². The molecule has 0 atom stereocenters. The first-order chi connectivity index (χ1) is 6.86. The Bertz CT molecular complexity index is 668. The average Bonchev–Trinajstić information content (AvgIpc) is 2.66. The van der Waals surface area contributed by atoms with Gasteiger partial charge in [0.2, 0.25) is 4.74 Å². The summed E-state index contributed by atoms with van der Waals surface area (Å²) in [7, 11) is 0. The first-order valence-corrected chi connectivity index (χ1v) is 5.03. The molecule has 3 aromatic rings. The summed E-state index contributed by atoms with van der Waals surface area (Å²) < 4.78 is 2.00. The molecule has 0 aliphatic rings. The van der Waals surface area contributed by atoms with Crippen LogP contribution in [0.15, 0.2) is 41.5 Å². The van der Waals surface area contributed by atoms with Gasteiger partial charge in [0.25, 0.3) is 0 Å². The molecule has 4 heteroatoms. The molecule has 0 fully saturated rings. The number of nitrogens with zero attached hydrogens (tertiary/aromatic N) is 2. The summed E-state index contributed by atoms with van der Waals surface area (Å²) >= 11 is 1.17. The highest BCUT2D eigenvalue weighted by Crippen LogP contribution is 2.14. The van der Waals surface area contributed by atoms with E-state index in [1.807, 2.05) is 34.9 Å². The number of imidazole rings is 1. The zero-order chi connectivity index (χ0) is 9.54. The predicted octanol–water partition coefficient (Wildman–Crippen LogP) is 1.91. The maximum atomic E-state index is 11.7. The largest absolute Gasteiger partial charge is 0.291 e. The number of rotatable bonds is 0. The molecule has 1 aromatic carbocycles. The minimum Gasteiger partial charge on any atom is -0.291 e. The normalized spacial score (nSPS) is 11.1. The lowest BCUT2D eigenvalue weighted by atomic mass is 10.2. The van der Waals surface area contributed by atoms with Gasteiger partial charge in [0.1, 0.15) is 0 Å². The Morgan fingerprint density at radius 3 is 3.07 bits per heavy atom. The van der Waals surface area contributed by atoms with Crippen molar-refractivity contribution in [2.45, 2.75) is 0 Å². The van der Waals surface area contributed by atoms with E-state index in [0.717, 1.165) is 15.9 Å². The fourth-order valence-electron chi connectivity index (χ4n) is 1.54. The molecular weight excluding hydrogens is 196 g/mol. The number of fused-ring (bicyclic) bond motifs is 3. The molecule has 14 heavy (non-hydrogen) atoms. The van der Waals surface area contributed by atoms with Gasteiger partial charge in [0.15, 0.2) is 4.96 Å². The van der Waals surface area contributed by atoms with Crippen molar-refractivity contribution in [2.75, 3.05) is 0 Å². The van der Waals surface area contributed by atoms with Crippen LogP contribution < -0.4 is 4.74 Å². The van der Waals surface area contributed by atoms with Crippen LogP contribution in [0.1, 0.15) is 0 Å². The smallest absolute Gasteiger partial charge is 0.245 e. The molecule has 0 aliphatic carbocycles. The molecule has 0 unspecified atom stereocenters. The third-order valence-corrected chi connectivity index (χ3v) is 3.06. The van der Waals surface area contributed by atoms with Crippen LogP contribution in [0.4, 0.5) is 0 Å². The molecule has 0 aliphatic heterocycles. The topological polar surface area (TPSA) is 34.4 Å². The Hall–Kier alpha value is -1.68. The highest BCUT2D eigenvalue weighted by molar-refractivity contribution is 7.15. The van der Waals surface area contributed by atoms with E-state index in [1.54, 1.807) is 6.20 Å². The lowest BCUT2D eigenvalue weighted by molar-refractivity contribution is 1.28. The molecular formula is C10H6N2OS. The van der Waals surface area contributed by atoms with E-state index < -0.39 is 0 Å². The van der Waals surface area contributed by atoms with Crippen LogP contribution in [0.5, 0.6) is 0 Å². The van der Waals surface area contributed by atoms with Crippen molar-refractivity contribution in [3.05, 3.63) is 46.2 Å². The Morgan fingerprint density at radius 1 is 1.29 bits per heavy atom. The van der Waals surface area contributed by atoms with Crippen LogP contribution >= 0.6 is 11.3 Å². The summed E-state index contributed by atoms with van der Waals surface area (Å²) in [5, 5.41) is 0.753. The average molecular weight is 202 g/mol. The van der Waals surface area contributed by atoms with Crippen molar-refractivity contribution in [1.82, 2.24) is 9.38 Å². The molecule has 0 saturated carbocycles. The number of para-hydroxylation sites is 1. The van der Waals surface area contributed by atoms with Gasteiger partial charge in [0, 0.05) is 12.4 Å². The maximum Gasteiger partial charge on any atom is 0.245 e. The van der Waals surface area contributed by atoms with Crippen LogP contribution in [0.25, 0.3) is 15.9 Å². The van der Waals surface area contributed by atoms with E-state index in [4.69, 9.17) is 0 Å². The number of hydrogen-bond donors (Lipinski definition) is 0. The van der Waals surface area contributed by atoms with Gasteiger partial charge in [-0.1, -0.05) is 23.5 Å². The second kappa shape index (κ2) is 2.65. The van der Waals surface area contributed by atoms with Crippen LogP contribution in [-0.4, -0.2) is 9.38 Å². The Kier molecular flexibility index (Phi) is 1.46. The number of aromatic nitrogens is 2. The monoisotopic (exact) mass is 202 g/mol. The molecule has 3 nitrogen and oxygen atoms in total. The van der Waals surface area contributed by atoms with E-state index in [1.165, 1.54) is 11.3 Å². The summed E-state index contributed by atoms with van der Waals surface area (Å²) in [5.41, 5.74) is 0.920. The minimum absolute atomic E-state index is 0.0688. The van der Waals surface area contributed by atoms with Gasteiger partial charge in [-0.25, -0.2) is 4.98 Å². The summed E-state index contributed by atoms with van der Waals surface area (Å²) in [6.07, 6.45) is 3.57. The lowest BCUT2D eigenvalue weighted by Gasteiger charge is -1.98. The quantitative estimate of drug-likeness (QED) is 0.558.